The Balaban J connectivity index is 1.59. The van der Waals surface area contributed by atoms with Gasteiger partial charge in [0.15, 0.2) is 11.5 Å². The maximum atomic E-state index is 12.9. The van der Waals surface area contributed by atoms with Gasteiger partial charge in [0.05, 0.1) is 26.0 Å². The zero-order chi connectivity index (χ0) is 23.9. The third-order valence-corrected chi connectivity index (χ3v) is 6.10. The van der Waals surface area contributed by atoms with Crippen LogP contribution in [0.4, 0.5) is 0 Å². The van der Waals surface area contributed by atoms with Crippen LogP contribution in [0.2, 0.25) is 0 Å². The number of hydrazone groups is 1. The minimum atomic E-state index is -0.544. The predicted octanol–water partition coefficient (Wildman–Crippen LogP) is 5.11. The largest absolute Gasteiger partial charge is 0.493 e. The normalized spacial score (nSPS) is 14.2. The van der Waals surface area contributed by atoms with Gasteiger partial charge < -0.3 is 14.2 Å². The molecule has 1 aliphatic carbocycles. The second kappa shape index (κ2) is 10.8. The van der Waals surface area contributed by atoms with E-state index in [1.54, 1.807) is 30.5 Å². The molecule has 1 saturated carbocycles. The molecule has 0 bridgehead atoms. The monoisotopic (exact) mass is 460 g/mol. The summed E-state index contributed by atoms with van der Waals surface area (Å²) in [6.45, 7) is 0. The summed E-state index contributed by atoms with van der Waals surface area (Å²) in [4.78, 5) is 25.4. The number of esters is 1. The maximum Gasteiger partial charge on any atom is 0.343 e. The number of hydrogen-bond donors (Lipinski definition) is 1. The first-order valence-electron chi connectivity index (χ1n) is 11.4. The molecule has 3 aromatic rings. The Morgan fingerprint density at radius 3 is 2.41 bits per heavy atom. The summed E-state index contributed by atoms with van der Waals surface area (Å²) >= 11 is 0. The molecule has 0 saturated heterocycles. The number of amides is 1. The summed E-state index contributed by atoms with van der Waals surface area (Å²) in [6, 6.07) is 16.2. The Hall–Kier alpha value is -3.87. The Morgan fingerprint density at radius 2 is 1.65 bits per heavy atom. The van der Waals surface area contributed by atoms with Gasteiger partial charge in [-0.2, -0.15) is 5.10 Å². The Bertz CT molecular complexity index is 1210. The fourth-order valence-corrected chi connectivity index (χ4v) is 4.24. The molecule has 1 N–H and O–H groups in total. The number of nitrogens with zero attached hydrogens (tertiary/aromatic N) is 1. The van der Waals surface area contributed by atoms with E-state index < -0.39 is 5.97 Å². The molecule has 34 heavy (non-hydrogen) atoms. The van der Waals surface area contributed by atoms with Crippen molar-refractivity contribution < 1.29 is 23.8 Å². The molecule has 176 valence electrons. The van der Waals surface area contributed by atoms with E-state index in [0.717, 1.165) is 36.5 Å². The molecule has 4 rings (SSSR count). The summed E-state index contributed by atoms with van der Waals surface area (Å²) in [6.07, 6.45) is 6.65. The average molecular weight is 461 g/mol. The van der Waals surface area contributed by atoms with Gasteiger partial charge in [0.2, 0.25) is 5.91 Å². The quantitative estimate of drug-likeness (QED) is 0.229. The molecule has 7 heteroatoms. The molecule has 0 aromatic heterocycles. The van der Waals surface area contributed by atoms with Crippen molar-refractivity contribution in [1.29, 1.82) is 0 Å². The van der Waals surface area contributed by atoms with Gasteiger partial charge in [-0.3, -0.25) is 4.79 Å². The van der Waals surface area contributed by atoms with Gasteiger partial charge >= 0.3 is 5.97 Å². The molecule has 0 unspecified atom stereocenters. The number of ether oxygens (including phenoxy) is 3. The van der Waals surface area contributed by atoms with Gasteiger partial charge in [0.25, 0.3) is 0 Å². The maximum absolute atomic E-state index is 12.9. The standard InChI is InChI=1S/C27H28N2O5/c1-32-24-15-13-20(16-25(24)33-2)27(31)34-23-14-12-18-8-6-7-11-21(18)22(23)17-28-29-26(30)19-9-4-3-5-10-19/h6-8,11-17,19H,3-5,9-10H2,1-2H3,(H,29,30)/b28-17+. The van der Waals surface area contributed by atoms with Crippen LogP contribution in [0.5, 0.6) is 17.2 Å². The number of methoxy groups -OCH3 is 2. The lowest BCUT2D eigenvalue weighted by Gasteiger charge is -2.19. The van der Waals surface area contributed by atoms with E-state index in [-0.39, 0.29) is 11.8 Å². The highest BCUT2D eigenvalue weighted by Gasteiger charge is 2.21. The molecule has 7 nitrogen and oxygen atoms in total. The van der Waals surface area contributed by atoms with Gasteiger partial charge in [-0.1, -0.05) is 49.6 Å². The third kappa shape index (κ3) is 5.20. The van der Waals surface area contributed by atoms with Crippen LogP contribution in [0.15, 0.2) is 59.7 Å². The van der Waals surface area contributed by atoms with Crippen LogP contribution in [0.1, 0.15) is 48.0 Å². The molecular formula is C27H28N2O5. The van der Waals surface area contributed by atoms with E-state index in [2.05, 4.69) is 10.5 Å². The molecule has 3 aromatic carbocycles. The highest BCUT2D eigenvalue weighted by Crippen LogP contribution is 2.30. The van der Waals surface area contributed by atoms with E-state index >= 15 is 0 Å². The first-order chi connectivity index (χ1) is 16.6. The molecule has 0 aliphatic heterocycles. The first kappa shape index (κ1) is 23.3. The summed E-state index contributed by atoms with van der Waals surface area (Å²) < 4.78 is 16.3. The molecular weight excluding hydrogens is 432 g/mol. The number of carbonyl (C=O) groups is 2. The second-order valence-electron chi connectivity index (χ2n) is 8.23. The zero-order valence-corrected chi connectivity index (χ0v) is 19.4. The van der Waals surface area contributed by atoms with Gasteiger partial charge in [0, 0.05) is 11.5 Å². The fourth-order valence-electron chi connectivity index (χ4n) is 4.24. The second-order valence-corrected chi connectivity index (χ2v) is 8.23. The highest BCUT2D eigenvalue weighted by molar-refractivity contribution is 6.04. The van der Waals surface area contributed by atoms with E-state index in [0.29, 0.717) is 28.4 Å². The lowest BCUT2D eigenvalue weighted by Crippen LogP contribution is -2.28. The van der Waals surface area contributed by atoms with Crippen LogP contribution in [0, 0.1) is 5.92 Å². The van der Waals surface area contributed by atoms with Crippen molar-refractivity contribution in [3.8, 4) is 17.2 Å². The van der Waals surface area contributed by atoms with Crippen molar-refractivity contribution in [3.05, 3.63) is 65.7 Å². The molecule has 0 radical (unpaired) electrons. The number of hydrogen-bond acceptors (Lipinski definition) is 6. The molecule has 0 heterocycles. The topological polar surface area (TPSA) is 86.2 Å². The van der Waals surface area contributed by atoms with Gasteiger partial charge in [-0.15, -0.1) is 0 Å². The van der Waals surface area contributed by atoms with Crippen molar-refractivity contribution >= 4 is 28.9 Å². The highest BCUT2D eigenvalue weighted by atomic mass is 16.5. The van der Waals surface area contributed by atoms with Crippen LogP contribution in [0.3, 0.4) is 0 Å². The fraction of sp³-hybridized carbons (Fsp3) is 0.296. The lowest BCUT2D eigenvalue weighted by atomic mass is 9.89. The minimum Gasteiger partial charge on any atom is -0.493 e. The van der Waals surface area contributed by atoms with Crippen LogP contribution >= 0.6 is 0 Å². The summed E-state index contributed by atoms with van der Waals surface area (Å²) in [7, 11) is 3.04. The molecule has 1 amide bonds. The number of rotatable bonds is 7. The molecule has 0 spiro atoms. The number of fused-ring (bicyclic) bond motifs is 1. The third-order valence-electron chi connectivity index (χ3n) is 6.10. The predicted molar refractivity (Wildman–Crippen MR) is 131 cm³/mol. The summed E-state index contributed by atoms with van der Waals surface area (Å²) in [5.74, 6) is 0.682. The van der Waals surface area contributed by atoms with Crippen molar-refractivity contribution in [3.63, 3.8) is 0 Å². The Kier molecular flexibility index (Phi) is 7.42. The van der Waals surface area contributed by atoms with Gasteiger partial charge in [-0.25, -0.2) is 10.2 Å². The Labute approximate surface area is 198 Å². The van der Waals surface area contributed by atoms with Crippen molar-refractivity contribution in [2.24, 2.45) is 11.0 Å². The van der Waals surface area contributed by atoms with Crippen molar-refractivity contribution in [2.75, 3.05) is 14.2 Å². The van der Waals surface area contributed by atoms with Crippen molar-refractivity contribution in [2.45, 2.75) is 32.1 Å². The number of carbonyl (C=O) groups excluding carboxylic acids is 2. The number of nitrogens with one attached hydrogen (secondary N) is 1. The molecule has 0 atom stereocenters. The van der Waals surface area contributed by atoms with Crippen LogP contribution in [-0.2, 0) is 4.79 Å². The van der Waals surface area contributed by atoms with Crippen molar-refractivity contribution in [1.82, 2.24) is 5.43 Å². The molecule has 1 aliphatic rings. The van der Waals surface area contributed by atoms with Gasteiger partial charge in [0.1, 0.15) is 5.75 Å². The van der Waals surface area contributed by atoms with Crippen LogP contribution < -0.4 is 19.6 Å². The lowest BCUT2D eigenvalue weighted by molar-refractivity contribution is -0.125. The average Bonchev–Trinajstić information content (AvgIpc) is 2.89. The van der Waals surface area contributed by atoms with E-state index in [1.807, 2.05) is 30.3 Å². The van der Waals surface area contributed by atoms with Crippen LogP contribution in [0.25, 0.3) is 10.8 Å². The summed E-state index contributed by atoms with van der Waals surface area (Å²) in [5.41, 5.74) is 3.59. The minimum absolute atomic E-state index is 0.000711. The SMILES string of the molecule is COc1ccc(C(=O)Oc2ccc3ccccc3c2/C=N/NC(=O)C2CCCCC2)cc1OC. The zero-order valence-electron chi connectivity index (χ0n) is 19.4. The number of benzene rings is 3. The van der Waals surface area contributed by atoms with Gasteiger partial charge in [-0.05, 0) is 47.9 Å². The van der Waals surface area contributed by atoms with Crippen LogP contribution in [-0.4, -0.2) is 32.3 Å². The first-order valence-corrected chi connectivity index (χ1v) is 11.4. The Morgan fingerprint density at radius 1 is 0.912 bits per heavy atom. The molecule has 1 fully saturated rings. The smallest absolute Gasteiger partial charge is 0.343 e. The summed E-state index contributed by atoms with van der Waals surface area (Å²) in [5, 5.41) is 6.03. The van der Waals surface area contributed by atoms with E-state index in [9.17, 15) is 9.59 Å². The van der Waals surface area contributed by atoms with E-state index in [1.165, 1.54) is 20.6 Å². The van der Waals surface area contributed by atoms with E-state index in [4.69, 9.17) is 14.2 Å².